The summed E-state index contributed by atoms with van der Waals surface area (Å²) in [5, 5.41) is 0. The summed E-state index contributed by atoms with van der Waals surface area (Å²) in [5.74, 6) is 1.87. The molecule has 2 N–H and O–H groups in total. The molecule has 112 valence electrons. The fourth-order valence-corrected chi connectivity index (χ4v) is 4.23. The number of likely N-dealkylation sites (tertiary alicyclic amines) is 1. The second-order valence-corrected chi connectivity index (χ2v) is 7.26. The topological polar surface area (TPSA) is 29.3 Å². The number of rotatable bonds is 6. The third kappa shape index (κ3) is 4.75. The zero-order valence-corrected chi connectivity index (χ0v) is 13.1. The van der Waals surface area contributed by atoms with Gasteiger partial charge in [0.15, 0.2) is 0 Å². The normalized spacial score (nSPS) is 31.7. The van der Waals surface area contributed by atoms with E-state index in [1.165, 1.54) is 70.9 Å². The van der Waals surface area contributed by atoms with Crippen molar-refractivity contribution >= 4 is 0 Å². The van der Waals surface area contributed by atoms with E-state index in [0.29, 0.717) is 6.04 Å². The minimum absolute atomic E-state index is 0.380. The summed E-state index contributed by atoms with van der Waals surface area (Å²) in [6.45, 7) is 7.26. The van der Waals surface area contributed by atoms with Crippen molar-refractivity contribution in [1.82, 2.24) is 4.90 Å². The van der Waals surface area contributed by atoms with Crippen LogP contribution in [0.3, 0.4) is 0 Å². The number of nitrogens with two attached hydrogens (primary N) is 1. The van der Waals surface area contributed by atoms with Crippen molar-refractivity contribution in [1.29, 1.82) is 0 Å². The second kappa shape index (κ2) is 7.64. The Kier molecular flexibility index (Phi) is 6.15. The van der Waals surface area contributed by atoms with Crippen LogP contribution < -0.4 is 5.73 Å². The van der Waals surface area contributed by atoms with Crippen LogP contribution in [-0.2, 0) is 0 Å². The van der Waals surface area contributed by atoms with Crippen molar-refractivity contribution in [2.45, 2.75) is 83.7 Å². The Bertz CT molecular complexity index is 250. The van der Waals surface area contributed by atoms with Crippen LogP contribution in [-0.4, -0.2) is 30.1 Å². The standard InChI is InChI=1S/C17H34N2/c1-14(7-5-8-15(2)18)13-19-12-6-10-16-9-3-4-11-17(16)19/h14-17H,3-13,18H2,1-2H3. The first-order valence-corrected chi connectivity index (χ1v) is 8.66. The second-order valence-electron chi connectivity index (χ2n) is 7.26. The fourth-order valence-electron chi connectivity index (χ4n) is 4.23. The summed E-state index contributed by atoms with van der Waals surface area (Å²) < 4.78 is 0. The van der Waals surface area contributed by atoms with Gasteiger partial charge in [-0.2, -0.15) is 0 Å². The monoisotopic (exact) mass is 266 g/mol. The summed E-state index contributed by atoms with van der Waals surface area (Å²) in [7, 11) is 0. The Morgan fingerprint density at radius 3 is 2.58 bits per heavy atom. The van der Waals surface area contributed by atoms with Crippen LogP contribution >= 0.6 is 0 Å². The van der Waals surface area contributed by atoms with Crippen molar-refractivity contribution < 1.29 is 0 Å². The Labute approximate surface area is 120 Å². The molecule has 2 aliphatic rings. The van der Waals surface area contributed by atoms with Gasteiger partial charge in [0.1, 0.15) is 0 Å². The molecule has 19 heavy (non-hydrogen) atoms. The molecule has 0 radical (unpaired) electrons. The molecule has 2 rings (SSSR count). The van der Waals surface area contributed by atoms with E-state index in [4.69, 9.17) is 5.73 Å². The van der Waals surface area contributed by atoms with Crippen molar-refractivity contribution in [3.8, 4) is 0 Å². The average Bonchev–Trinajstić information content (AvgIpc) is 2.39. The largest absolute Gasteiger partial charge is 0.328 e. The molecule has 1 heterocycles. The average molecular weight is 266 g/mol. The number of piperidine rings is 1. The van der Waals surface area contributed by atoms with E-state index in [1.807, 2.05) is 0 Å². The SMILES string of the molecule is CC(N)CCCC(C)CN1CCCC2CCCCC21. The van der Waals surface area contributed by atoms with E-state index < -0.39 is 0 Å². The van der Waals surface area contributed by atoms with E-state index >= 15 is 0 Å². The van der Waals surface area contributed by atoms with Gasteiger partial charge < -0.3 is 5.73 Å². The van der Waals surface area contributed by atoms with Crippen LogP contribution in [0.15, 0.2) is 0 Å². The Hall–Kier alpha value is -0.0800. The van der Waals surface area contributed by atoms with Gasteiger partial charge in [-0.3, -0.25) is 4.90 Å². The molecule has 2 heteroatoms. The van der Waals surface area contributed by atoms with Crippen molar-refractivity contribution in [2.24, 2.45) is 17.6 Å². The zero-order chi connectivity index (χ0) is 13.7. The number of fused-ring (bicyclic) bond motifs is 1. The molecule has 0 bridgehead atoms. The molecule has 2 nitrogen and oxygen atoms in total. The lowest BCUT2D eigenvalue weighted by atomic mass is 9.78. The van der Waals surface area contributed by atoms with Gasteiger partial charge in [0.25, 0.3) is 0 Å². The van der Waals surface area contributed by atoms with Crippen LogP contribution in [0.5, 0.6) is 0 Å². The molecule has 2 fully saturated rings. The molecule has 1 aliphatic carbocycles. The molecule has 1 aliphatic heterocycles. The summed E-state index contributed by atoms with van der Waals surface area (Å²) >= 11 is 0. The lowest BCUT2D eigenvalue weighted by Crippen LogP contribution is -2.48. The zero-order valence-electron chi connectivity index (χ0n) is 13.1. The lowest BCUT2D eigenvalue weighted by Gasteiger charge is -2.45. The highest BCUT2D eigenvalue weighted by molar-refractivity contribution is 4.87. The Balaban J connectivity index is 1.73. The molecule has 1 saturated carbocycles. The number of nitrogens with zero attached hydrogens (tertiary/aromatic N) is 1. The van der Waals surface area contributed by atoms with E-state index in [-0.39, 0.29) is 0 Å². The van der Waals surface area contributed by atoms with Crippen LogP contribution in [0.2, 0.25) is 0 Å². The molecular weight excluding hydrogens is 232 g/mol. The maximum absolute atomic E-state index is 5.84. The lowest BCUT2D eigenvalue weighted by molar-refractivity contribution is 0.0487. The summed E-state index contributed by atoms with van der Waals surface area (Å²) in [4.78, 5) is 2.84. The van der Waals surface area contributed by atoms with Gasteiger partial charge in [0, 0.05) is 18.6 Å². The highest BCUT2D eigenvalue weighted by Gasteiger charge is 2.33. The predicted octanol–water partition coefficient (Wildman–Crippen LogP) is 3.79. The van der Waals surface area contributed by atoms with Crippen molar-refractivity contribution in [3.63, 3.8) is 0 Å². The Morgan fingerprint density at radius 1 is 1.05 bits per heavy atom. The van der Waals surface area contributed by atoms with Gasteiger partial charge in [-0.15, -0.1) is 0 Å². The summed E-state index contributed by atoms with van der Waals surface area (Å²) in [6.07, 6.45) is 12.7. The minimum Gasteiger partial charge on any atom is -0.328 e. The van der Waals surface area contributed by atoms with Gasteiger partial charge in [0.05, 0.1) is 0 Å². The van der Waals surface area contributed by atoms with Crippen LogP contribution in [0.25, 0.3) is 0 Å². The van der Waals surface area contributed by atoms with Crippen LogP contribution in [0, 0.1) is 11.8 Å². The van der Waals surface area contributed by atoms with Crippen molar-refractivity contribution in [3.05, 3.63) is 0 Å². The van der Waals surface area contributed by atoms with Crippen molar-refractivity contribution in [2.75, 3.05) is 13.1 Å². The first kappa shape index (κ1) is 15.3. The van der Waals surface area contributed by atoms with Gasteiger partial charge in [-0.05, 0) is 63.8 Å². The highest BCUT2D eigenvalue weighted by Crippen LogP contribution is 2.35. The van der Waals surface area contributed by atoms with Crippen LogP contribution in [0.4, 0.5) is 0 Å². The maximum atomic E-state index is 5.84. The molecule has 1 saturated heterocycles. The highest BCUT2D eigenvalue weighted by atomic mass is 15.2. The molecule has 0 aromatic heterocycles. The van der Waals surface area contributed by atoms with Crippen LogP contribution in [0.1, 0.15) is 71.6 Å². The third-order valence-corrected chi connectivity index (χ3v) is 5.26. The maximum Gasteiger partial charge on any atom is 0.0124 e. The molecule has 0 spiro atoms. The molecule has 4 unspecified atom stereocenters. The molecule has 0 amide bonds. The minimum atomic E-state index is 0.380. The molecule has 0 aromatic carbocycles. The molecular formula is C17H34N2. The molecule has 0 aromatic rings. The molecule has 4 atom stereocenters. The predicted molar refractivity (Wildman–Crippen MR) is 83.2 cm³/mol. The van der Waals surface area contributed by atoms with Gasteiger partial charge >= 0.3 is 0 Å². The third-order valence-electron chi connectivity index (χ3n) is 5.26. The van der Waals surface area contributed by atoms with E-state index in [1.54, 1.807) is 0 Å². The van der Waals surface area contributed by atoms with Gasteiger partial charge in [0.2, 0.25) is 0 Å². The van der Waals surface area contributed by atoms with E-state index in [2.05, 4.69) is 18.7 Å². The smallest absolute Gasteiger partial charge is 0.0124 e. The summed E-state index contributed by atoms with van der Waals surface area (Å²) in [5.41, 5.74) is 5.84. The van der Waals surface area contributed by atoms with E-state index in [0.717, 1.165) is 17.9 Å². The Morgan fingerprint density at radius 2 is 1.79 bits per heavy atom. The first-order chi connectivity index (χ1) is 9.16. The first-order valence-electron chi connectivity index (χ1n) is 8.66. The quantitative estimate of drug-likeness (QED) is 0.792. The fraction of sp³-hybridized carbons (Fsp3) is 1.00. The van der Waals surface area contributed by atoms with Gasteiger partial charge in [-0.25, -0.2) is 0 Å². The number of hydrogen-bond acceptors (Lipinski definition) is 2. The summed E-state index contributed by atoms with van der Waals surface area (Å²) in [6, 6.07) is 1.31. The number of hydrogen-bond donors (Lipinski definition) is 1. The van der Waals surface area contributed by atoms with Gasteiger partial charge in [-0.1, -0.05) is 26.2 Å². The van der Waals surface area contributed by atoms with E-state index in [9.17, 15) is 0 Å².